The summed E-state index contributed by atoms with van der Waals surface area (Å²) in [4.78, 5) is 80.8. The van der Waals surface area contributed by atoms with Crippen molar-refractivity contribution < 1.29 is 72.9 Å². The van der Waals surface area contributed by atoms with Crippen LogP contribution in [0, 0.1) is 0 Å². The van der Waals surface area contributed by atoms with Crippen LogP contribution in [0.25, 0.3) is 0 Å². The number of morpholine rings is 1. The monoisotopic (exact) mass is 822 g/mol. The van der Waals surface area contributed by atoms with Crippen molar-refractivity contribution in [2.24, 2.45) is 0 Å². The van der Waals surface area contributed by atoms with E-state index in [0.717, 1.165) is 17.1 Å². The molecule has 7 rings (SSSR count). The first-order valence-corrected chi connectivity index (χ1v) is 19.2. The van der Waals surface area contributed by atoms with Crippen LogP contribution in [0.1, 0.15) is 75.3 Å². The van der Waals surface area contributed by atoms with E-state index in [-0.39, 0.29) is 60.5 Å². The molecule has 0 saturated carbocycles. The van der Waals surface area contributed by atoms with Gasteiger partial charge in [-0.3, -0.25) is 38.6 Å². The van der Waals surface area contributed by atoms with Gasteiger partial charge in [-0.25, -0.2) is 0 Å². The fraction of sp³-hybridized carbons (Fsp3) is 0.500. The fourth-order valence-electron chi connectivity index (χ4n) is 8.44. The molecule has 4 amide bonds. The molecule has 2 aliphatic carbocycles. The first-order chi connectivity index (χ1) is 28.2. The predicted molar refractivity (Wildman–Crippen MR) is 200 cm³/mol. The summed E-state index contributed by atoms with van der Waals surface area (Å²) in [7, 11) is 2.83. The summed E-state index contributed by atoms with van der Waals surface area (Å²) in [5.41, 5.74) is -3.91. The maximum atomic E-state index is 14.1. The Morgan fingerprint density at radius 3 is 2.39 bits per heavy atom. The number of fused-ring (bicyclic) bond motifs is 3. The molecule has 316 valence electrons. The Kier molecular flexibility index (Phi) is 11.9. The number of benzene rings is 2. The highest BCUT2D eigenvalue weighted by Gasteiger charge is 2.51. The van der Waals surface area contributed by atoms with Crippen molar-refractivity contribution in [2.45, 2.75) is 75.1 Å². The predicted octanol–water partition coefficient (Wildman–Crippen LogP) is -0.667. The molecule has 2 saturated heterocycles. The van der Waals surface area contributed by atoms with Crippen LogP contribution in [0.15, 0.2) is 30.4 Å². The van der Waals surface area contributed by atoms with Gasteiger partial charge >= 0.3 is 0 Å². The first-order valence-electron chi connectivity index (χ1n) is 19.2. The largest absolute Gasteiger partial charge is 0.507 e. The highest BCUT2D eigenvalue weighted by molar-refractivity contribution is 6.31. The zero-order valence-electron chi connectivity index (χ0n) is 32.6. The number of aliphatic hydroxyl groups is 2. The van der Waals surface area contributed by atoms with Gasteiger partial charge < -0.3 is 54.7 Å². The Balaban J connectivity index is 1.16. The van der Waals surface area contributed by atoms with Crippen molar-refractivity contribution in [3.05, 3.63) is 63.7 Å². The lowest BCUT2D eigenvalue weighted by atomic mass is 9.72. The number of carbonyl (C=O) groups is 6. The van der Waals surface area contributed by atoms with E-state index in [1.807, 2.05) is 4.90 Å². The Bertz CT molecular complexity index is 2090. The van der Waals surface area contributed by atoms with E-state index in [9.17, 15) is 49.2 Å². The molecule has 2 aromatic carbocycles. The molecule has 7 atom stereocenters. The van der Waals surface area contributed by atoms with Crippen LogP contribution >= 0.6 is 0 Å². The number of methoxy groups -OCH3 is 2. The lowest BCUT2D eigenvalue weighted by molar-refractivity contribution is -0.266. The van der Waals surface area contributed by atoms with Crippen molar-refractivity contribution in [3.63, 3.8) is 0 Å². The Hall–Kier alpha value is -5.28. The topological polar surface area (TPSA) is 260 Å². The Morgan fingerprint density at radius 2 is 1.68 bits per heavy atom. The Morgan fingerprint density at radius 1 is 0.966 bits per heavy atom. The van der Waals surface area contributed by atoms with E-state index in [1.54, 1.807) is 6.92 Å². The summed E-state index contributed by atoms with van der Waals surface area (Å²) in [6, 6.07) is 3.83. The van der Waals surface area contributed by atoms with Crippen molar-refractivity contribution in [1.29, 1.82) is 0 Å². The SMILES string of the molecule is COc1cccc2c1C(=O)c1c(O)c3c(c(O)c1C2=O)C[C@@](O)(C(=O)NCCNC(=O)CCN1C(=O)C=CC1=O)C[C@@H]3O[C@H]1CC(N2CCO[C@H](OC)C2)[C@H](O)[C@H](C)O1. The molecule has 0 bridgehead atoms. The van der Waals surface area contributed by atoms with E-state index < -0.39 is 113 Å². The molecule has 3 heterocycles. The number of hydrogen-bond acceptors (Lipinski definition) is 16. The lowest BCUT2D eigenvalue weighted by Gasteiger charge is -2.47. The van der Waals surface area contributed by atoms with Gasteiger partial charge in [0.05, 0.1) is 48.7 Å². The van der Waals surface area contributed by atoms with Gasteiger partial charge in [0.1, 0.15) is 22.8 Å². The van der Waals surface area contributed by atoms with Gasteiger partial charge in [-0.05, 0) is 13.0 Å². The number of ether oxygens (including phenoxy) is 5. The minimum Gasteiger partial charge on any atom is -0.507 e. The third-order valence-electron chi connectivity index (χ3n) is 11.5. The summed E-state index contributed by atoms with van der Waals surface area (Å²) >= 11 is 0. The smallest absolute Gasteiger partial charge is 0.253 e. The average molecular weight is 823 g/mol. The standard InChI is InChI=1S/C40H46N4O15/c1-19-34(48)22(43-13-14-57-29(18-43)56-3)15-28(58-19)59-24-17-40(54,39(53)42-11-10-41-25(45)9-12-44-26(46)7-8-27(44)47)16-21-31(24)38(52)33-32(36(21)50)35(49)20-5-4-6-23(55-2)30(20)37(33)51/h4-8,19,22,24,28-29,34,48,50,52,54H,9-18H2,1-3H3,(H,41,45)(H,42,53)/t19-,22?,24-,28-,29-,34+,40-/m0/s1. The second-order valence-electron chi connectivity index (χ2n) is 15.0. The minimum absolute atomic E-state index is 0.0697. The normalized spacial score (nSPS) is 27.9. The number of nitrogens with zero attached hydrogens (tertiary/aromatic N) is 2. The Labute approximate surface area is 337 Å². The molecule has 19 heteroatoms. The van der Waals surface area contributed by atoms with Gasteiger partial charge in [0.2, 0.25) is 11.7 Å². The number of amides is 4. The number of ketones is 2. The van der Waals surface area contributed by atoms with Gasteiger partial charge in [0.25, 0.3) is 17.7 Å². The van der Waals surface area contributed by atoms with Gasteiger partial charge in [-0.1, -0.05) is 12.1 Å². The first kappa shape index (κ1) is 41.9. The lowest BCUT2D eigenvalue weighted by Crippen LogP contribution is -2.59. The molecule has 0 radical (unpaired) electrons. The molecule has 5 aliphatic rings. The summed E-state index contributed by atoms with van der Waals surface area (Å²) in [5.74, 6) is -5.46. The number of phenols is 2. The summed E-state index contributed by atoms with van der Waals surface area (Å²) < 4.78 is 28.9. The number of carbonyl (C=O) groups excluding carboxylic acids is 6. The minimum atomic E-state index is -2.35. The van der Waals surface area contributed by atoms with Crippen molar-refractivity contribution in [1.82, 2.24) is 20.4 Å². The number of phenolic OH excluding ortho intramolecular Hbond substituents is 2. The van der Waals surface area contributed by atoms with Crippen LogP contribution in [0.5, 0.6) is 17.2 Å². The number of nitrogens with one attached hydrogen (secondary N) is 2. The quantitative estimate of drug-likeness (QED) is 0.0752. The van der Waals surface area contributed by atoms with Crippen LogP contribution < -0.4 is 15.4 Å². The maximum Gasteiger partial charge on any atom is 0.253 e. The second kappa shape index (κ2) is 16.8. The van der Waals surface area contributed by atoms with Gasteiger partial charge in [-0.2, -0.15) is 0 Å². The van der Waals surface area contributed by atoms with Crippen molar-refractivity contribution >= 4 is 35.2 Å². The number of rotatable bonds is 12. The zero-order chi connectivity index (χ0) is 42.3. The fourth-order valence-corrected chi connectivity index (χ4v) is 8.44. The van der Waals surface area contributed by atoms with Crippen LogP contribution in [-0.2, 0) is 44.5 Å². The summed E-state index contributed by atoms with van der Waals surface area (Å²) in [5, 5.41) is 52.3. The van der Waals surface area contributed by atoms with Crippen LogP contribution in [-0.4, -0.2) is 155 Å². The molecule has 6 N–H and O–H groups in total. The zero-order valence-corrected chi connectivity index (χ0v) is 32.6. The second-order valence-corrected chi connectivity index (χ2v) is 15.0. The molecule has 1 unspecified atom stereocenters. The number of aromatic hydroxyl groups is 2. The highest BCUT2D eigenvalue weighted by atomic mass is 16.7. The highest BCUT2D eigenvalue weighted by Crippen LogP contribution is 2.52. The summed E-state index contributed by atoms with van der Waals surface area (Å²) in [6.07, 6.45) is -3.86. The molecule has 3 aliphatic heterocycles. The summed E-state index contributed by atoms with van der Waals surface area (Å²) in [6.45, 7) is 2.37. The number of hydrogen-bond donors (Lipinski definition) is 6. The van der Waals surface area contributed by atoms with Gasteiger partial charge in [0.15, 0.2) is 18.4 Å². The van der Waals surface area contributed by atoms with Gasteiger partial charge in [-0.15, -0.1) is 0 Å². The molecule has 2 aromatic rings. The molecular weight excluding hydrogens is 776 g/mol. The molecule has 59 heavy (non-hydrogen) atoms. The number of aliphatic hydroxyl groups excluding tert-OH is 1. The van der Waals surface area contributed by atoms with Crippen molar-refractivity contribution in [2.75, 3.05) is 53.6 Å². The molecule has 0 spiro atoms. The van der Waals surface area contributed by atoms with E-state index >= 15 is 0 Å². The molecular formula is C40H46N4O15. The number of imide groups is 1. The van der Waals surface area contributed by atoms with E-state index in [0.29, 0.717) is 19.7 Å². The molecule has 0 aromatic heterocycles. The van der Waals surface area contributed by atoms with Crippen LogP contribution in [0.4, 0.5) is 0 Å². The van der Waals surface area contributed by atoms with E-state index in [4.69, 9.17) is 23.7 Å². The third kappa shape index (κ3) is 7.82. The maximum absolute atomic E-state index is 14.1. The van der Waals surface area contributed by atoms with Gasteiger partial charge in [0, 0.05) is 100 Å². The van der Waals surface area contributed by atoms with E-state index in [1.165, 1.54) is 32.4 Å². The van der Waals surface area contributed by atoms with Crippen molar-refractivity contribution in [3.8, 4) is 17.2 Å². The van der Waals surface area contributed by atoms with Crippen LogP contribution in [0.3, 0.4) is 0 Å². The molecule has 19 nitrogen and oxygen atoms in total. The molecule has 2 fully saturated rings. The average Bonchev–Trinajstić information content (AvgIpc) is 3.55. The third-order valence-corrected chi connectivity index (χ3v) is 11.5. The van der Waals surface area contributed by atoms with E-state index in [2.05, 4.69) is 10.6 Å². The van der Waals surface area contributed by atoms with Crippen LogP contribution in [0.2, 0.25) is 0 Å².